The van der Waals surface area contributed by atoms with Crippen molar-refractivity contribution in [3.05, 3.63) is 27.7 Å². The van der Waals surface area contributed by atoms with Crippen LogP contribution in [0.5, 0.6) is 0 Å². The molecule has 0 radical (unpaired) electrons. The van der Waals surface area contributed by atoms with Crippen molar-refractivity contribution in [2.24, 2.45) is 4.99 Å². The van der Waals surface area contributed by atoms with E-state index in [0.29, 0.717) is 0 Å². The van der Waals surface area contributed by atoms with Crippen LogP contribution in [0, 0.1) is 6.92 Å². The highest BCUT2D eigenvalue weighted by Gasteiger charge is 2.08. The highest BCUT2D eigenvalue weighted by molar-refractivity contribution is 8.00. The average Bonchev–Trinajstić information content (AvgIpc) is 3.17. The van der Waals surface area contributed by atoms with E-state index in [0.717, 1.165) is 52.8 Å². The molecule has 1 N–H and O–H groups in total. The Bertz CT molecular complexity index is 594. The summed E-state index contributed by atoms with van der Waals surface area (Å²) >= 11 is 5.18. The molecule has 5 nitrogen and oxygen atoms in total. The van der Waals surface area contributed by atoms with Gasteiger partial charge < -0.3 is 10.2 Å². The van der Waals surface area contributed by atoms with Crippen molar-refractivity contribution in [2.45, 2.75) is 31.2 Å². The van der Waals surface area contributed by atoms with E-state index < -0.39 is 0 Å². The summed E-state index contributed by atoms with van der Waals surface area (Å²) in [6.45, 7) is 6.60. The molecule has 23 heavy (non-hydrogen) atoms. The van der Waals surface area contributed by atoms with Gasteiger partial charge in [-0.1, -0.05) is 11.8 Å². The van der Waals surface area contributed by atoms with Gasteiger partial charge in [-0.05, 0) is 20.3 Å². The van der Waals surface area contributed by atoms with Crippen LogP contribution in [0.15, 0.2) is 26.3 Å². The van der Waals surface area contributed by atoms with Crippen molar-refractivity contribution >= 4 is 40.4 Å². The highest BCUT2D eigenvalue weighted by Crippen LogP contribution is 2.20. The van der Waals surface area contributed by atoms with Crippen molar-refractivity contribution in [1.82, 2.24) is 20.2 Å². The molecular formula is C15H23N5S3. The number of thiazole rings is 2. The van der Waals surface area contributed by atoms with E-state index in [1.165, 1.54) is 0 Å². The van der Waals surface area contributed by atoms with Crippen LogP contribution in [-0.4, -0.2) is 46.7 Å². The number of rotatable bonds is 8. The van der Waals surface area contributed by atoms with Crippen molar-refractivity contribution < 1.29 is 0 Å². The number of aryl methyl sites for hydroxylation is 1. The SMILES string of the molecule is CCNC(=NCCCSc1nccs1)N(C)Cc1csc(C)n1. The third kappa shape index (κ3) is 6.48. The smallest absolute Gasteiger partial charge is 0.194 e. The van der Waals surface area contributed by atoms with Gasteiger partial charge in [0, 0.05) is 42.8 Å². The van der Waals surface area contributed by atoms with E-state index in [2.05, 4.69) is 39.5 Å². The second-order valence-corrected chi connectivity index (χ2v) is 8.25. The lowest BCUT2D eigenvalue weighted by Crippen LogP contribution is -2.38. The van der Waals surface area contributed by atoms with Crippen LogP contribution in [0.4, 0.5) is 0 Å². The predicted molar refractivity (Wildman–Crippen MR) is 102 cm³/mol. The van der Waals surface area contributed by atoms with E-state index in [9.17, 15) is 0 Å². The van der Waals surface area contributed by atoms with Crippen LogP contribution in [0.2, 0.25) is 0 Å². The van der Waals surface area contributed by atoms with Gasteiger partial charge in [0.15, 0.2) is 5.96 Å². The molecule has 2 rings (SSSR count). The molecule has 0 fully saturated rings. The van der Waals surface area contributed by atoms with E-state index in [1.807, 2.05) is 18.5 Å². The van der Waals surface area contributed by atoms with Crippen LogP contribution in [0.25, 0.3) is 0 Å². The summed E-state index contributed by atoms with van der Waals surface area (Å²) in [6.07, 6.45) is 2.90. The first-order chi connectivity index (χ1) is 11.2. The molecule has 0 amide bonds. The van der Waals surface area contributed by atoms with Crippen molar-refractivity contribution in [3.63, 3.8) is 0 Å². The van der Waals surface area contributed by atoms with Gasteiger partial charge in [0.1, 0.15) is 4.34 Å². The largest absolute Gasteiger partial charge is 0.357 e. The van der Waals surface area contributed by atoms with Gasteiger partial charge in [0.2, 0.25) is 0 Å². The fraction of sp³-hybridized carbons (Fsp3) is 0.533. The van der Waals surface area contributed by atoms with E-state index in [1.54, 1.807) is 34.4 Å². The quantitative estimate of drug-likeness (QED) is 0.334. The summed E-state index contributed by atoms with van der Waals surface area (Å²) in [4.78, 5) is 15.6. The van der Waals surface area contributed by atoms with Gasteiger partial charge in [-0.25, -0.2) is 9.97 Å². The van der Waals surface area contributed by atoms with Gasteiger partial charge >= 0.3 is 0 Å². The number of nitrogens with zero attached hydrogens (tertiary/aromatic N) is 4. The Labute approximate surface area is 150 Å². The van der Waals surface area contributed by atoms with Gasteiger partial charge in [0.25, 0.3) is 0 Å². The van der Waals surface area contributed by atoms with Crippen molar-refractivity contribution in [1.29, 1.82) is 0 Å². The molecular weight excluding hydrogens is 346 g/mol. The fourth-order valence-electron chi connectivity index (χ4n) is 1.96. The monoisotopic (exact) mass is 369 g/mol. The summed E-state index contributed by atoms with van der Waals surface area (Å²) in [5.41, 5.74) is 1.10. The Morgan fingerprint density at radius 3 is 2.96 bits per heavy atom. The minimum atomic E-state index is 0.782. The first-order valence-electron chi connectivity index (χ1n) is 7.61. The average molecular weight is 370 g/mol. The molecule has 0 saturated carbocycles. The molecule has 0 aliphatic heterocycles. The highest BCUT2D eigenvalue weighted by atomic mass is 32.2. The van der Waals surface area contributed by atoms with Crippen LogP contribution < -0.4 is 5.32 Å². The molecule has 126 valence electrons. The molecule has 0 saturated heterocycles. The number of nitrogens with one attached hydrogen (secondary N) is 1. The predicted octanol–water partition coefficient (Wildman–Crippen LogP) is 3.49. The van der Waals surface area contributed by atoms with Crippen molar-refractivity contribution in [2.75, 3.05) is 25.9 Å². The number of hydrogen-bond acceptors (Lipinski definition) is 6. The van der Waals surface area contributed by atoms with Gasteiger partial charge in [0.05, 0.1) is 17.2 Å². The van der Waals surface area contributed by atoms with Crippen molar-refractivity contribution in [3.8, 4) is 0 Å². The fourth-order valence-corrected chi connectivity index (χ4v) is 4.19. The Hall–Kier alpha value is -1.12. The number of thioether (sulfide) groups is 1. The number of guanidine groups is 1. The number of aliphatic imine (C=N–C) groups is 1. The molecule has 0 bridgehead atoms. The van der Waals surface area contributed by atoms with E-state index in [4.69, 9.17) is 4.99 Å². The molecule has 0 unspecified atom stereocenters. The molecule has 0 atom stereocenters. The topological polar surface area (TPSA) is 53.4 Å². The molecule has 0 aromatic carbocycles. The lowest BCUT2D eigenvalue weighted by molar-refractivity contribution is 0.471. The normalized spacial score (nSPS) is 11.7. The maximum absolute atomic E-state index is 4.71. The van der Waals surface area contributed by atoms with Gasteiger partial charge in [-0.3, -0.25) is 4.99 Å². The van der Waals surface area contributed by atoms with Crippen LogP contribution in [0.3, 0.4) is 0 Å². The summed E-state index contributed by atoms with van der Waals surface area (Å²) in [6, 6.07) is 0. The molecule has 0 spiro atoms. The Morgan fingerprint density at radius 1 is 1.43 bits per heavy atom. The third-order valence-corrected chi connectivity index (χ3v) is 5.84. The zero-order valence-electron chi connectivity index (χ0n) is 13.8. The second kappa shape index (κ2) is 9.89. The molecule has 2 aromatic rings. The molecule has 0 aliphatic rings. The summed E-state index contributed by atoms with van der Waals surface area (Å²) < 4.78 is 1.14. The number of hydrogen-bond donors (Lipinski definition) is 1. The third-order valence-electron chi connectivity index (χ3n) is 2.96. The van der Waals surface area contributed by atoms with Crippen LogP contribution in [-0.2, 0) is 6.54 Å². The summed E-state index contributed by atoms with van der Waals surface area (Å²) in [5, 5.41) is 8.58. The number of aromatic nitrogens is 2. The minimum Gasteiger partial charge on any atom is -0.357 e. The lowest BCUT2D eigenvalue weighted by Gasteiger charge is -2.21. The Morgan fingerprint density at radius 2 is 2.30 bits per heavy atom. The summed E-state index contributed by atoms with van der Waals surface area (Å²) in [5.74, 6) is 1.99. The molecule has 8 heteroatoms. The van der Waals surface area contributed by atoms with Gasteiger partial charge in [-0.15, -0.1) is 22.7 Å². The first kappa shape index (κ1) is 18.2. The molecule has 2 aromatic heterocycles. The second-order valence-electron chi connectivity index (χ2n) is 4.95. The Kier molecular flexibility index (Phi) is 7.84. The summed E-state index contributed by atoms with van der Waals surface area (Å²) in [7, 11) is 2.06. The maximum Gasteiger partial charge on any atom is 0.194 e. The maximum atomic E-state index is 4.71. The molecule has 2 heterocycles. The Balaban J connectivity index is 1.78. The van der Waals surface area contributed by atoms with E-state index in [-0.39, 0.29) is 0 Å². The zero-order chi connectivity index (χ0) is 16.5. The van der Waals surface area contributed by atoms with Gasteiger partial charge in [-0.2, -0.15) is 0 Å². The van der Waals surface area contributed by atoms with Crippen LogP contribution in [0.1, 0.15) is 24.0 Å². The lowest BCUT2D eigenvalue weighted by atomic mass is 10.4. The van der Waals surface area contributed by atoms with Crippen LogP contribution >= 0.6 is 34.4 Å². The first-order valence-corrected chi connectivity index (χ1v) is 10.4. The minimum absolute atomic E-state index is 0.782. The standard InChI is InChI=1S/C15H23N5S3/c1-4-16-14(20(3)10-13-11-23-12(2)19-13)17-6-5-8-21-15-18-7-9-22-15/h7,9,11H,4-6,8,10H2,1-3H3,(H,16,17). The van der Waals surface area contributed by atoms with E-state index >= 15 is 0 Å². The zero-order valence-corrected chi connectivity index (χ0v) is 16.2. The molecule has 0 aliphatic carbocycles.